The van der Waals surface area contributed by atoms with Crippen molar-refractivity contribution in [2.24, 2.45) is 39.7 Å². The molecule has 6 N–H and O–H groups in total. The molecule has 3 rings (SSSR count). The molecule has 3 fully saturated rings. The Labute approximate surface area is 286 Å². The maximum absolute atomic E-state index is 14.4. The first-order chi connectivity index (χ1) is 21.8. The number of rotatable bonds is 11. The Kier molecular flexibility index (Phi) is 11.6. The summed E-state index contributed by atoms with van der Waals surface area (Å²) in [5.74, 6) is -2.70. The van der Waals surface area contributed by atoms with Crippen molar-refractivity contribution < 1.29 is 33.5 Å². The van der Waals surface area contributed by atoms with E-state index in [-0.39, 0.29) is 29.8 Å². The highest BCUT2D eigenvalue weighted by atomic mass is 16.5. The van der Waals surface area contributed by atoms with Crippen molar-refractivity contribution in [3.8, 4) is 0 Å². The van der Waals surface area contributed by atoms with Gasteiger partial charge in [0, 0.05) is 12.1 Å². The first kappa shape index (κ1) is 39.1. The number of primary amides is 1. The van der Waals surface area contributed by atoms with Gasteiger partial charge in [0.25, 0.3) is 5.91 Å². The van der Waals surface area contributed by atoms with Gasteiger partial charge in [-0.2, -0.15) is 0 Å². The Bertz CT molecular complexity index is 1260. The normalized spacial score (nSPS) is 24.1. The second kappa shape index (κ2) is 14.2. The Hall–Kier alpha value is -3.38. The fourth-order valence-corrected chi connectivity index (χ4v) is 7.25. The predicted octanol–water partition coefficient (Wildman–Crippen LogP) is 3.24. The van der Waals surface area contributed by atoms with Crippen LogP contribution in [0.1, 0.15) is 108 Å². The van der Waals surface area contributed by atoms with Crippen molar-refractivity contribution >= 4 is 35.6 Å². The molecule has 1 heterocycles. The van der Waals surface area contributed by atoms with Crippen LogP contribution in [0.3, 0.4) is 0 Å². The van der Waals surface area contributed by atoms with E-state index in [9.17, 15) is 28.8 Å². The second-order valence-electron chi connectivity index (χ2n) is 18.0. The highest BCUT2D eigenvalue weighted by Gasteiger charge is 2.61. The first-order valence-electron chi connectivity index (χ1n) is 17.3. The lowest BCUT2D eigenvalue weighted by atomic mass is 9.55. The highest BCUT2D eigenvalue weighted by molar-refractivity contribution is 6.37. The van der Waals surface area contributed by atoms with Gasteiger partial charge < -0.3 is 36.6 Å². The number of Topliss-reactive ketones (excluding diaryl/α,β-unsaturated/α-hetero) is 1. The molecule has 0 aromatic carbocycles. The van der Waals surface area contributed by atoms with E-state index >= 15 is 0 Å². The van der Waals surface area contributed by atoms with Crippen LogP contribution in [0.2, 0.25) is 0 Å². The van der Waals surface area contributed by atoms with E-state index in [0.29, 0.717) is 13.0 Å². The van der Waals surface area contributed by atoms with Crippen LogP contribution >= 0.6 is 0 Å². The molecule has 2 saturated carbocycles. The van der Waals surface area contributed by atoms with Crippen LogP contribution in [0.4, 0.5) is 9.59 Å². The number of fused-ring (bicyclic) bond motifs is 1. The molecule has 0 aromatic rings. The number of alkyl carbamates (subject to hydrolysis) is 1. The average Bonchev–Trinajstić information content (AvgIpc) is 3.22. The predicted molar refractivity (Wildman–Crippen MR) is 181 cm³/mol. The average molecular weight is 677 g/mol. The summed E-state index contributed by atoms with van der Waals surface area (Å²) in [6, 6.07) is -4.15. The third kappa shape index (κ3) is 9.62. The summed E-state index contributed by atoms with van der Waals surface area (Å²) in [6.07, 6.45) is 3.40. The van der Waals surface area contributed by atoms with E-state index in [4.69, 9.17) is 10.5 Å². The molecule has 1 aliphatic heterocycles. The number of nitrogens with zero attached hydrogens (tertiary/aromatic N) is 1. The van der Waals surface area contributed by atoms with Gasteiger partial charge in [0.2, 0.25) is 17.6 Å². The maximum Gasteiger partial charge on any atom is 0.407 e. The fourth-order valence-electron chi connectivity index (χ4n) is 7.25. The van der Waals surface area contributed by atoms with Gasteiger partial charge in [0.15, 0.2) is 0 Å². The molecule has 13 nitrogen and oxygen atoms in total. The third-order valence-electron chi connectivity index (χ3n) is 10.1. The van der Waals surface area contributed by atoms with Crippen LogP contribution in [0, 0.1) is 34.0 Å². The number of amides is 6. The molecule has 5 unspecified atom stereocenters. The summed E-state index contributed by atoms with van der Waals surface area (Å²) in [7, 11) is 0. The van der Waals surface area contributed by atoms with Crippen molar-refractivity contribution in [2.75, 3.05) is 13.2 Å². The van der Waals surface area contributed by atoms with Crippen molar-refractivity contribution in [1.29, 1.82) is 0 Å². The quantitative estimate of drug-likeness (QED) is 0.208. The van der Waals surface area contributed by atoms with Crippen LogP contribution in [0.25, 0.3) is 0 Å². The number of nitrogens with one attached hydrogen (secondary N) is 4. The summed E-state index contributed by atoms with van der Waals surface area (Å²) in [4.78, 5) is 80.6. The second-order valence-corrected chi connectivity index (χ2v) is 18.0. The summed E-state index contributed by atoms with van der Waals surface area (Å²) in [5, 5.41) is 11.3. The van der Waals surface area contributed by atoms with Crippen LogP contribution in [0.5, 0.6) is 0 Å². The van der Waals surface area contributed by atoms with E-state index in [1.165, 1.54) is 0 Å². The molecular formula is C35H60N6O7. The van der Waals surface area contributed by atoms with Crippen LogP contribution in [-0.4, -0.2) is 83.4 Å². The molecule has 6 amide bonds. The minimum atomic E-state index is -1.10. The van der Waals surface area contributed by atoms with Gasteiger partial charge in [0.05, 0.1) is 12.1 Å². The Morgan fingerprint density at radius 3 is 1.96 bits per heavy atom. The molecule has 0 bridgehead atoms. The van der Waals surface area contributed by atoms with Crippen LogP contribution in [0.15, 0.2) is 0 Å². The van der Waals surface area contributed by atoms with E-state index in [1.807, 2.05) is 62.3 Å². The molecule has 1 saturated heterocycles. The number of likely N-dealkylation sites (tertiary alicyclic amines) is 1. The molecule has 272 valence electrons. The monoisotopic (exact) mass is 676 g/mol. The number of urea groups is 1. The summed E-state index contributed by atoms with van der Waals surface area (Å²) < 4.78 is 5.43. The first-order valence-corrected chi connectivity index (χ1v) is 17.3. The van der Waals surface area contributed by atoms with E-state index in [0.717, 1.165) is 25.7 Å². The molecule has 6 atom stereocenters. The molecular weight excluding hydrogens is 616 g/mol. The summed E-state index contributed by atoms with van der Waals surface area (Å²) in [6.45, 7) is 21.1. The molecule has 2 aliphatic carbocycles. The number of carbonyl (C=O) groups is 6. The van der Waals surface area contributed by atoms with Crippen LogP contribution in [-0.2, 0) is 23.9 Å². The lowest BCUT2D eigenvalue weighted by molar-refractivity contribution is -0.145. The smallest absolute Gasteiger partial charge is 0.407 e. The number of ketones is 1. The van der Waals surface area contributed by atoms with Crippen molar-refractivity contribution in [1.82, 2.24) is 26.2 Å². The zero-order chi connectivity index (χ0) is 36.6. The number of hydrogen-bond donors (Lipinski definition) is 5. The third-order valence-corrected chi connectivity index (χ3v) is 10.1. The van der Waals surface area contributed by atoms with Gasteiger partial charge >= 0.3 is 12.1 Å². The summed E-state index contributed by atoms with van der Waals surface area (Å²) >= 11 is 0. The van der Waals surface area contributed by atoms with Gasteiger partial charge in [0.1, 0.15) is 18.7 Å². The van der Waals surface area contributed by atoms with E-state index in [2.05, 4.69) is 35.1 Å². The van der Waals surface area contributed by atoms with Gasteiger partial charge in [-0.15, -0.1) is 0 Å². The number of ether oxygens (including phenoxy) is 1. The molecule has 48 heavy (non-hydrogen) atoms. The number of hydrogen-bond acceptors (Lipinski definition) is 7. The zero-order valence-corrected chi connectivity index (χ0v) is 30.9. The van der Waals surface area contributed by atoms with Crippen LogP contribution < -0.4 is 27.0 Å². The van der Waals surface area contributed by atoms with Gasteiger partial charge in [-0.05, 0) is 67.6 Å². The van der Waals surface area contributed by atoms with Gasteiger partial charge in [-0.3, -0.25) is 19.2 Å². The minimum absolute atomic E-state index is 0.0766. The largest absolute Gasteiger partial charge is 0.447 e. The van der Waals surface area contributed by atoms with Crippen molar-refractivity contribution in [3.63, 3.8) is 0 Å². The van der Waals surface area contributed by atoms with Gasteiger partial charge in [-0.1, -0.05) is 74.7 Å². The number of carbonyl (C=O) groups excluding carboxylic acids is 6. The minimum Gasteiger partial charge on any atom is -0.447 e. The fraction of sp³-hybridized carbons (Fsp3) is 0.829. The molecule has 0 radical (unpaired) electrons. The maximum atomic E-state index is 14.4. The zero-order valence-electron chi connectivity index (χ0n) is 30.9. The lowest BCUT2D eigenvalue weighted by Crippen LogP contribution is -2.62. The Morgan fingerprint density at radius 2 is 1.50 bits per heavy atom. The molecule has 13 heteroatoms. The van der Waals surface area contributed by atoms with E-state index in [1.54, 1.807) is 4.90 Å². The van der Waals surface area contributed by atoms with Gasteiger partial charge in [-0.25, -0.2) is 9.59 Å². The molecule has 3 aliphatic rings. The number of nitrogens with two attached hydrogens (primary N) is 1. The molecule has 0 aromatic heterocycles. The topological polar surface area (TPSA) is 189 Å². The highest BCUT2D eigenvalue weighted by Crippen LogP contribution is 2.57. The molecule has 0 spiro atoms. The standard InChI is InChI=1S/C35H60N6O7/c1-32(2,3)22(18-48-31(47)40-34(7,8)9)38-30(46)39-26(33(4,5)6)29(45)41-17-20-16-35(10,11)23(20)24(41)28(44)37-21(25(42)27(36)43)15-19-13-12-14-19/h19-24,26H,12-18H2,1-11H3,(H2,36,43)(H,37,44)(H,40,47)(H2,38,39,46)/t20?,21?,22-,23?,24?,26?/m1/s1. The Balaban J connectivity index is 1.82. The van der Waals surface area contributed by atoms with Crippen molar-refractivity contribution in [3.05, 3.63) is 0 Å². The summed E-state index contributed by atoms with van der Waals surface area (Å²) in [5.41, 5.74) is 3.38. The van der Waals surface area contributed by atoms with Crippen molar-refractivity contribution in [2.45, 2.75) is 138 Å². The Morgan fingerprint density at radius 1 is 0.896 bits per heavy atom. The SMILES string of the molecule is CC(C)(C)NC(=O)OC[C@@H](NC(=O)NC(C(=O)N1CC2CC(C)(C)C2C1C(=O)NC(CC1CCC1)C(=O)C(N)=O)C(C)(C)C)C(C)(C)C. The van der Waals surface area contributed by atoms with E-state index < -0.39 is 76.2 Å². The lowest BCUT2D eigenvalue weighted by Gasteiger charge is -2.49.